The van der Waals surface area contributed by atoms with Gasteiger partial charge in [-0.25, -0.2) is 4.39 Å². The van der Waals surface area contributed by atoms with Gasteiger partial charge >= 0.3 is 0 Å². The van der Waals surface area contributed by atoms with Crippen LogP contribution in [0.4, 0.5) is 21.5 Å². The maximum Gasteiger partial charge on any atom is 0.148 e. The van der Waals surface area contributed by atoms with Gasteiger partial charge in [0.2, 0.25) is 0 Å². The van der Waals surface area contributed by atoms with E-state index in [0.29, 0.717) is 17.1 Å². The summed E-state index contributed by atoms with van der Waals surface area (Å²) in [7, 11) is 1.56. The van der Waals surface area contributed by atoms with Crippen molar-refractivity contribution in [2.75, 3.05) is 18.2 Å². The van der Waals surface area contributed by atoms with Crippen LogP contribution >= 0.6 is 0 Å². The Morgan fingerprint density at radius 2 is 1.88 bits per heavy atom. The molecule has 88 valence electrons. The SMILES string of the molecule is COc1ccccc1Nc1c(N)cccc1F. The summed E-state index contributed by atoms with van der Waals surface area (Å²) in [5.41, 5.74) is 7.01. The fraction of sp³-hybridized carbons (Fsp3) is 0.0769. The molecular formula is C13H13FN2O. The van der Waals surface area contributed by atoms with E-state index in [1.165, 1.54) is 6.07 Å². The number of hydrogen-bond donors (Lipinski definition) is 2. The molecule has 0 amide bonds. The Kier molecular flexibility index (Phi) is 3.14. The monoisotopic (exact) mass is 232 g/mol. The minimum atomic E-state index is -0.393. The van der Waals surface area contributed by atoms with Crippen LogP contribution in [0.3, 0.4) is 0 Å². The van der Waals surface area contributed by atoms with Gasteiger partial charge in [0, 0.05) is 0 Å². The zero-order valence-corrected chi connectivity index (χ0v) is 9.41. The van der Waals surface area contributed by atoms with E-state index in [4.69, 9.17) is 10.5 Å². The molecular weight excluding hydrogens is 219 g/mol. The minimum absolute atomic E-state index is 0.261. The van der Waals surface area contributed by atoms with Crippen LogP contribution in [-0.4, -0.2) is 7.11 Å². The molecule has 3 N–H and O–H groups in total. The van der Waals surface area contributed by atoms with E-state index in [1.807, 2.05) is 12.1 Å². The van der Waals surface area contributed by atoms with Crippen molar-refractivity contribution in [3.8, 4) is 5.75 Å². The van der Waals surface area contributed by atoms with Gasteiger partial charge in [0.25, 0.3) is 0 Å². The highest BCUT2D eigenvalue weighted by atomic mass is 19.1. The van der Waals surface area contributed by atoms with Crippen LogP contribution in [0.5, 0.6) is 5.75 Å². The van der Waals surface area contributed by atoms with Gasteiger partial charge in [-0.05, 0) is 24.3 Å². The van der Waals surface area contributed by atoms with Gasteiger partial charge in [0.05, 0.1) is 24.2 Å². The molecule has 0 aromatic heterocycles. The van der Waals surface area contributed by atoms with Gasteiger partial charge in [-0.2, -0.15) is 0 Å². The van der Waals surface area contributed by atoms with Crippen LogP contribution in [0.2, 0.25) is 0 Å². The van der Waals surface area contributed by atoms with Crippen LogP contribution in [0, 0.1) is 5.82 Å². The van der Waals surface area contributed by atoms with Crippen molar-refractivity contribution < 1.29 is 9.13 Å². The maximum absolute atomic E-state index is 13.6. The van der Waals surface area contributed by atoms with Crippen LogP contribution in [-0.2, 0) is 0 Å². The lowest BCUT2D eigenvalue weighted by Gasteiger charge is -2.13. The van der Waals surface area contributed by atoms with Crippen molar-refractivity contribution in [1.29, 1.82) is 0 Å². The van der Waals surface area contributed by atoms with E-state index in [0.717, 1.165) is 0 Å². The Bertz CT molecular complexity index is 508. The second-order valence-electron chi connectivity index (χ2n) is 3.53. The summed E-state index contributed by atoms with van der Waals surface area (Å²) in [6.45, 7) is 0. The van der Waals surface area contributed by atoms with Crippen LogP contribution in [0.25, 0.3) is 0 Å². The number of anilines is 3. The second-order valence-corrected chi connectivity index (χ2v) is 3.53. The van der Waals surface area contributed by atoms with Gasteiger partial charge in [0.15, 0.2) is 0 Å². The first-order valence-electron chi connectivity index (χ1n) is 5.16. The van der Waals surface area contributed by atoms with Crippen LogP contribution < -0.4 is 15.8 Å². The van der Waals surface area contributed by atoms with E-state index in [1.54, 1.807) is 31.4 Å². The third-order valence-corrected chi connectivity index (χ3v) is 2.41. The number of benzene rings is 2. The molecule has 17 heavy (non-hydrogen) atoms. The van der Waals surface area contributed by atoms with E-state index < -0.39 is 5.82 Å². The normalized spacial score (nSPS) is 10.0. The van der Waals surface area contributed by atoms with Gasteiger partial charge < -0.3 is 15.8 Å². The number of para-hydroxylation sites is 3. The predicted octanol–water partition coefficient (Wildman–Crippen LogP) is 3.16. The topological polar surface area (TPSA) is 47.3 Å². The zero-order valence-electron chi connectivity index (χ0n) is 9.41. The number of nitrogen functional groups attached to an aromatic ring is 1. The summed E-state index contributed by atoms with van der Waals surface area (Å²) in [6.07, 6.45) is 0. The summed E-state index contributed by atoms with van der Waals surface area (Å²) >= 11 is 0. The lowest BCUT2D eigenvalue weighted by Crippen LogP contribution is -2.00. The second kappa shape index (κ2) is 4.74. The number of nitrogens with two attached hydrogens (primary N) is 1. The Hall–Kier alpha value is -2.23. The molecule has 3 nitrogen and oxygen atoms in total. The molecule has 0 unspecified atom stereocenters. The van der Waals surface area contributed by atoms with Crippen molar-refractivity contribution >= 4 is 17.1 Å². The van der Waals surface area contributed by atoms with E-state index >= 15 is 0 Å². The molecule has 0 bridgehead atoms. The molecule has 0 aliphatic rings. The molecule has 0 aliphatic heterocycles. The number of ether oxygens (including phenoxy) is 1. The molecule has 4 heteroatoms. The molecule has 2 rings (SSSR count). The third kappa shape index (κ3) is 2.30. The fourth-order valence-corrected chi connectivity index (χ4v) is 1.56. The fourth-order valence-electron chi connectivity index (χ4n) is 1.56. The highest BCUT2D eigenvalue weighted by molar-refractivity contribution is 5.75. The maximum atomic E-state index is 13.6. The number of nitrogens with one attached hydrogen (secondary N) is 1. The van der Waals surface area contributed by atoms with E-state index in [-0.39, 0.29) is 5.69 Å². The van der Waals surface area contributed by atoms with Gasteiger partial charge in [-0.15, -0.1) is 0 Å². The Labute approximate surface area is 99.0 Å². The lowest BCUT2D eigenvalue weighted by molar-refractivity contribution is 0.417. The van der Waals surface area contributed by atoms with Crippen molar-refractivity contribution in [3.05, 3.63) is 48.3 Å². The van der Waals surface area contributed by atoms with Crippen molar-refractivity contribution in [3.63, 3.8) is 0 Å². The quantitative estimate of drug-likeness (QED) is 0.799. The van der Waals surface area contributed by atoms with Gasteiger partial charge in [-0.3, -0.25) is 0 Å². The molecule has 0 spiro atoms. The third-order valence-electron chi connectivity index (χ3n) is 2.41. The molecule has 2 aromatic carbocycles. The van der Waals surface area contributed by atoms with Gasteiger partial charge in [-0.1, -0.05) is 18.2 Å². The number of hydrogen-bond acceptors (Lipinski definition) is 3. The summed E-state index contributed by atoms with van der Waals surface area (Å²) in [5, 5.41) is 2.93. The first-order valence-corrected chi connectivity index (χ1v) is 5.16. The molecule has 0 radical (unpaired) electrons. The van der Waals surface area contributed by atoms with Crippen LogP contribution in [0.1, 0.15) is 0 Å². The number of halogens is 1. The Morgan fingerprint density at radius 1 is 1.12 bits per heavy atom. The Morgan fingerprint density at radius 3 is 2.59 bits per heavy atom. The van der Waals surface area contributed by atoms with E-state index in [9.17, 15) is 4.39 Å². The highest BCUT2D eigenvalue weighted by Crippen LogP contribution is 2.31. The molecule has 0 fully saturated rings. The van der Waals surface area contributed by atoms with Crippen LogP contribution in [0.15, 0.2) is 42.5 Å². The van der Waals surface area contributed by atoms with E-state index in [2.05, 4.69) is 5.32 Å². The number of methoxy groups -OCH3 is 1. The average Bonchev–Trinajstić information content (AvgIpc) is 2.34. The molecule has 0 saturated heterocycles. The smallest absolute Gasteiger partial charge is 0.148 e. The number of rotatable bonds is 3. The van der Waals surface area contributed by atoms with Crippen molar-refractivity contribution in [2.45, 2.75) is 0 Å². The molecule has 0 saturated carbocycles. The highest BCUT2D eigenvalue weighted by Gasteiger charge is 2.08. The molecule has 0 aliphatic carbocycles. The summed E-state index contributed by atoms with van der Waals surface area (Å²) < 4.78 is 18.8. The van der Waals surface area contributed by atoms with Crippen molar-refractivity contribution in [1.82, 2.24) is 0 Å². The Balaban J connectivity index is 2.38. The summed E-state index contributed by atoms with van der Waals surface area (Å²) in [6, 6.07) is 11.8. The summed E-state index contributed by atoms with van der Waals surface area (Å²) in [5.74, 6) is 0.242. The molecule has 0 heterocycles. The largest absolute Gasteiger partial charge is 0.495 e. The lowest BCUT2D eigenvalue weighted by atomic mass is 10.2. The summed E-state index contributed by atoms with van der Waals surface area (Å²) in [4.78, 5) is 0. The first-order chi connectivity index (χ1) is 8.22. The minimum Gasteiger partial charge on any atom is -0.495 e. The first kappa shape index (κ1) is 11.3. The molecule has 2 aromatic rings. The predicted molar refractivity (Wildman–Crippen MR) is 67.1 cm³/mol. The molecule has 0 atom stereocenters. The van der Waals surface area contributed by atoms with Crippen molar-refractivity contribution in [2.24, 2.45) is 0 Å². The zero-order chi connectivity index (χ0) is 12.3. The average molecular weight is 232 g/mol. The van der Waals surface area contributed by atoms with Gasteiger partial charge in [0.1, 0.15) is 11.6 Å². The standard InChI is InChI=1S/C13H13FN2O/c1-17-12-8-3-2-7-11(12)16-13-9(14)5-4-6-10(13)15/h2-8,16H,15H2,1H3.